The highest BCUT2D eigenvalue weighted by molar-refractivity contribution is 5.42. The fraction of sp³-hybridized carbons (Fsp3) is 0.333. The summed E-state index contributed by atoms with van der Waals surface area (Å²) in [6, 6.07) is 7.81. The molecule has 0 atom stereocenters. The summed E-state index contributed by atoms with van der Waals surface area (Å²) < 4.78 is 5.55. The summed E-state index contributed by atoms with van der Waals surface area (Å²) in [5, 5.41) is 0. The number of nitrogen functional groups attached to an aromatic ring is 1. The number of hydrogen-bond acceptors (Lipinski definition) is 5. The molecule has 0 saturated carbocycles. The Morgan fingerprint density at radius 1 is 1.20 bits per heavy atom. The molecule has 0 spiro atoms. The number of aromatic nitrogens is 2. The molecule has 0 radical (unpaired) electrons. The molecule has 1 heterocycles. The van der Waals surface area contributed by atoms with E-state index in [9.17, 15) is 0 Å². The Labute approximate surface area is 119 Å². The van der Waals surface area contributed by atoms with Crippen LogP contribution in [0.1, 0.15) is 19.4 Å². The van der Waals surface area contributed by atoms with Crippen molar-refractivity contribution >= 4 is 11.5 Å². The molecule has 1 aromatic carbocycles. The van der Waals surface area contributed by atoms with Gasteiger partial charge in [-0.1, -0.05) is 12.1 Å². The SMILES string of the molecule is CC(C)Oc1cncc(N(C)Cc2ccc(N)cc2)n1. The third kappa shape index (κ3) is 3.85. The Morgan fingerprint density at radius 2 is 1.90 bits per heavy atom. The van der Waals surface area contributed by atoms with Crippen LogP contribution in [-0.2, 0) is 6.54 Å². The van der Waals surface area contributed by atoms with Crippen LogP contribution in [0.3, 0.4) is 0 Å². The maximum Gasteiger partial charge on any atom is 0.234 e. The van der Waals surface area contributed by atoms with Crippen LogP contribution in [0.5, 0.6) is 5.88 Å². The summed E-state index contributed by atoms with van der Waals surface area (Å²) in [5.41, 5.74) is 7.61. The van der Waals surface area contributed by atoms with Gasteiger partial charge in [0.2, 0.25) is 5.88 Å². The van der Waals surface area contributed by atoms with Gasteiger partial charge in [0.25, 0.3) is 0 Å². The molecule has 0 unspecified atom stereocenters. The Bertz CT molecular complexity index is 554. The lowest BCUT2D eigenvalue weighted by Gasteiger charge is -2.19. The molecule has 5 nitrogen and oxygen atoms in total. The van der Waals surface area contributed by atoms with E-state index in [1.165, 1.54) is 5.56 Å². The van der Waals surface area contributed by atoms with Crippen LogP contribution >= 0.6 is 0 Å². The van der Waals surface area contributed by atoms with Crippen molar-refractivity contribution in [3.8, 4) is 5.88 Å². The smallest absolute Gasteiger partial charge is 0.234 e. The minimum atomic E-state index is 0.0851. The first-order chi connectivity index (χ1) is 9.54. The van der Waals surface area contributed by atoms with Crippen molar-refractivity contribution in [3.63, 3.8) is 0 Å². The number of anilines is 2. The lowest BCUT2D eigenvalue weighted by Crippen LogP contribution is -2.18. The fourth-order valence-electron chi connectivity index (χ4n) is 1.80. The predicted molar refractivity (Wildman–Crippen MR) is 80.8 cm³/mol. The second-order valence-electron chi connectivity index (χ2n) is 4.98. The number of rotatable bonds is 5. The standard InChI is InChI=1S/C15H20N4O/c1-11(2)20-15-9-17-8-14(18-15)19(3)10-12-4-6-13(16)7-5-12/h4-9,11H,10,16H2,1-3H3. The number of ether oxygens (including phenoxy) is 1. The molecule has 2 N–H and O–H groups in total. The lowest BCUT2D eigenvalue weighted by molar-refractivity contribution is 0.231. The molecule has 0 bridgehead atoms. The molecule has 0 saturated heterocycles. The van der Waals surface area contributed by atoms with Crippen molar-refractivity contribution in [3.05, 3.63) is 42.2 Å². The van der Waals surface area contributed by atoms with Crippen LogP contribution in [0.25, 0.3) is 0 Å². The fourth-order valence-corrected chi connectivity index (χ4v) is 1.80. The second kappa shape index (κ2) is 6.23. The molecule has 0 aliphatic carbocycles. The first kappa shape index (κ1) is 14.1. The summed E-state index contributed by atoms with van der Waals surface area (Å²) in [6.45, 7) is 4.67. The van der Waals surface area contributed by atoms with Gasteiger partial charge < -0.3 is 15.4 Å². The van der Waals surface area contributed by atoms with E-state index < -0.39 is 0 Å². The zero-order valence-electron chi connectivity index (χ0n) is 12.1. The number of nitrogens with two attached hydrogens (primary N) is 1. The highest BCUT2D eigenvalue weighted by atomic mass is 16.5. The van der Waals surface area contributed by atoms with Crippen LogP contribution in [0.2, 0.25) is 0 Å². The van der Waals surface area contributed by atoms with Gasteiger partial charge in [0.05, 0.1) is 18.5 Å². The van der Waals surface area contributed by atoms with Crippen molar-refractivity contribution in [2.45, 2.75) is 26.5 Å². The van der Waals surface area contributed by atoms with E-state index in [2.05, 4.69) is 9.97 Å². The van der Waals surface area contributed by atoms with E-state index in [1.54, 1.807) is 12.4 Å². The average Bonchev–Trinajstić information content (AvgIpc) is 2.41. The van der Waals surface area contributed by atoms with Gasteiger partial charge in [-0.2, -0.15) is 4.98 Å². The zero-order valence-corrected chi connectivity index (χ0v) is 12.1. The summed E-state index contributed by atoms with van der Waals surface area (Å²) in [4.78, 5) is 10.6. The van der Waals surface area contributed by atoms with Crippen LogP contribution < -0.4 is 15.4 Å². The second-order valence-corrected chi connectivity index (χ2v) is 4.98. The van der Waals surface area contributed by atoms with Gasteiger partial charge in [0.15, 0.2) is 5.82 Å². The van der Waals surface area contributed by atoms with E-state index in [-0.39, 0.29) is 6.10 Å². The Hall–Kier alpha value is -2.30. The zero-order chi connectivity index (χ0) is 14.5. The normalized spacial score (nSPS) is 10.6. The molecule has 0 amide bonds. The van der Waals surface area contributed by atoms with Crippen LogP contribution in [-0.4, -0.2) is 23.1 Å². The third-order valence-corrected chi connectivity index (χ3v) is 2.75. The van der Waals surface area contributed by atoms with Crippen molar-refractivity contribution in [1.82, 2.24) is 9.97 Å². The van der Waals surface area contributed by atoms with Crippen LogP contribution in [0.4, 0.5) is 11.5 Å². The van der Waals surface area contributed by atoms with Crippen molar-refractivity contribution in [2.75, 3.05) is 17.7 Å². The first-order valence-electron chi connectivity index (χ1n) is 6.59. The highest BCUT2D eigenvalue weighted by Gasteiger charge is 2.07. The van der Waals surface area contributed by atoms with Crippen LogP contribution in [0, 0.1) is 0 Å². The Kier molecular flexibility index (Phi) is 4.40. The molecule has 0 aliphatic rings. The van der Waals surface area contributed by atoms with E-state index in [1.807, 2.05) is 50.1 Å². The minimum Gasteiger partial charge on any atom is -0.474 e. The maximum atomic E-state index is 5.68. The summed E-state index contributed by atoms with van der Waals surface area (Å²) in [5.74, 6) is 1.32. The first-order valence-corrected chi connectivity index (χ1v) is 6.59. The molecule has 20 heavy (non-hydrogen) atoms. The topological polar surface area (TPSA) is 64.3 Å². The molecule has 1 aromatic heterocycles. The van der Waals surface area contributed by atoms with Crippen molar-refractivity contribution < 1.29 is 4.74 Å². The highest BCUT2D eigenvalue weighted by Crippen LogP contribution is 2.16. The molecular formula is C15H20N4O. The van der Waals surface area contributed by atoms with Gasteiger partial charge in [-0.25, -0.2) is 0 Å². The molecule has 5 heteroatoms. The molecule has 2 rings (SSSR count). The van der Waals surface area contributed by atoms with Gasteiger partial charge >= 0.3 is 0 Å². The van der Waals surface area contributed by atoms with Gasteiger partial charge in [-0.15, -0.1) is 0 Å². The van der Waals surface area contributed by atoms with E-state index in [4.69, 9.17) is 10.5 Å². The number of nitrogens with zero attached hydrogens (tertiary/aromatic N) is 3. The molecule has 106 valence electrons. The molecule has 2 aromatic rings. The largest absolute Gasteiger partial charge is 0.474 e. The summed E-state index contributed by atoms with van der Waals surface area (Å²) >= 11 is 0. The average molecular weight is 272 g/mol. The number of hydrogen-bond donors (Lipinski definition) is 1. The van der Waals surface area contributed by atoms with Gasteiger partial charge in [-0.3, -0.25) is 4.98 Å². The summed E-state index contributed by atoms with van der Waals surface area (Å²) in [6.07, 6.45) is 3.44. The van der Waals surface area contributed by atoms with Gasteiger partial charge in [0.1, 0.15) is 0 Å². The quantitative estimate of drug-likeness (QED) is 0.847. The van der Waals surface area contributed by atoms with Gasteiger partial charge in [-0.05, 0) is 31.5 Å². The minimum absolute atomic E-state index is 0.0851. The van der Waals surface area contributed by atoms with Crippen molar-refractivity contribution in [2.24, 2.45) is 0 Å². The van der Waals surface area contributed by atoms with Gasteiger partial charge in [0, 0.05) is 19.3 Å². The summed E-state index contributed by atoms with van der Waals surface area (Å²) in [7, 11) is 1.97. The van der Waals surface area contributed by atoms with Crippen molar-refractivity contribution in [1.29, 1.82) is 0 Å². The van der Waals surface area contributed by atoms with E-state index >= 15 is 0 Å². The number of benzene rings is 1. The molecular weight excluding hydrogens is 252 g/mol. The predicted octanol–water partition coefficient (Wildman–Crippen LogP) is 2.48. The third-order valence-electron chi connectivity index (χ3n) is 2.75. The Morgan fingerprint density at radius 3 is 2.55 bits per heavy atom. The van der Waals surface area contributed by atoms with E-state index in [0.717, 1.165) is 18.1 Å². The monoisotopic (exact) mass is 272 g/mol. The van der Waals surface area contributed by atoms with Crippen LogP contribution in [0.15, 0.2) is 36.7 Å². The molecule has 0 fully saturated rings. The maximum absolute atomic E-state index is 5.68. The van der Waals surface area contributed by atoms with E-state index in [0.29, 0.717) is 5.88 Å². The Balaban J connectivity index is 2.08. The lowest BCUT2D eigenvalue weighted by atomic mass is 10.2. The molecule has 0 aliphatic heterocycles.